The maximum absolute atomic E-state index is 12.9. The average molecular weight is 424 g/mol. The van der Waals surface area contributed by atoms with Gasteiger partial charge in [-0.1, -0.05) is 30.0 Å². The predicted octanol–water partition coefficient (Wildman–Crippen LogP) is 2.81. The maximum atomic E-state index is 12.9. The highest BCUT2D eigenvalue weighted by Crippen LogP contribution is 2.22. The fraction of sp³-hybridized carbons (Fsp3) is 0.364. The van der Waals surface area contributed by atoms with Gasteiger partial charge in [0.05, 0.1) is 16.7 Å². The lowest BCUT2D eigenvalue weighted by Gasteiger charge is -2.35. The number of carbonyl (C=O) groups excluding carboxylic acids is 1. The number of hydrogen-bond donors (Lipinski definition) is 0. The van der Waals surface area contributed by atoms with Crippen molar-refractivity contribution in [2.45, 2.75) is 25.0 Å². The van der Waals surface area contributed by atoms with Crippen molar-refractivity contribution >= 4 is 34.4 Å². The number of fused-ring (bicyclic) bond motifs is 1. The number of aromatic nitrogens is 3. The van der Waals surface area contributed by atoms with E-state index >= 15 is 0 Å². The lowest BCUT2D eigenvalue weighted by atomic mass is 10.2. The van der Waals surface area contributed by atoms with Gasteiger partial charge in [0.25, 0.3) is 5.56 Å². The van der Waals surface area contributed by atoms with E-state index in [4.69, 9.17) is 0 Å². The summed E-state index contributed by atoms with van der Waals surface area (Å²) in [7, 11) is 0. The molecule has 156 valence electrons. The Bertz CT molecular complexity index is 1090. The minimum atomic E-state index is -0.0606. The highest BCUT2D eigenvalue weighted by atomic mass is 32.2. The summed E-state index contributed by atoms with van der Waals surface area (Å²) in [6.45, 7) is 6.77. The Morgan fingerprint density at radius 3 is 2.50 bits per heavy atom. The lowest BCUT2D eigenvalue weighted by molar-refractivity contribution is -0.128. The molecule has 1 saturated heterocycles. The molecule has 1 aromatic carbocycles. The molecule has 2 aromatic heterocycles. The molecule has 0 unspecified atom stereocenters. The number of hydrogen-bond acceptors (Lipinski definition) is 6. The van der Waals surface area contributed by atoms with E-state index in [1.54, 1.807) is 16.8 Å². The van der Waals surface area contributed by atoms with Gasteiger partial charge < -0.3 is 9.80 Å². The minimum absolute atomic E-state index is 0.0332. The first-order chi connectivity index (χ1) is 14.5. The Labute approximate surface area is 179 Å². The normalized spacial score (nSPS) is 14.5. The lowest BCUT2D eigenvalue weighted by Crippen LogP contribution is -2.49. The molecular weight excluding hydrogens is 398 g/mol. The third kappa shape index (κ3) is 4.18. The summed E-state index contributed by atoms with van der Waals surface area (Å²) in [6, 6.07) is 13.2. The molecule has 0 saturated carbocycles. The monoisotopic (exact) mass is 423 g/mol. The summed E-state index contributed by atoms with van der Waals surface area (Å²) in [5.74, 6) is 1.28. The number of para-hydroxylation sites is 1. The first kappa shape index (κ1) is 20.4. The minimum Gasteiger partial charge on any atom is -0.353 e. The molecule has 1 aliphatic rings. The summed E-state index contributed by atoms with van der Waals surface area (Å²) < 4.78 is 1.68. The fourth-order valence-electron chi connectivity index (χ4n) is 3.63. The zero-order valence-corrected chi connectivity index (χ0v) is 18.0. The Hall–Kier alpha value is -2.87. The van der Waals surface area contributed by atoms with Crippen LogP contribution in [0.5, 0.6) is 0 Å². The maximum Gasteiger partial charge on any atom is 0.262 e. The number of rotatable bonds is 5. The van der Waals surface area contributed by atoms with Crippen LogP contribution < -0.4 is 10.5 Å². The van der Waals surface area contributed by atoms with Crippen LogP contribution in [0.4, 0.5) is 5.82 Å². The molecule has 1 aliphatic heterocycles. The first-order valence-electron chi connectivity index (χ1n) is 10.1. The van der Waals surface area contributed by atoms with Crippen LogP contribution in [0.15, 0.2) is 58.6 Å². The van der Waals surface area contributed by atoms with Crippen LogP contribution >= 0.6 is 11.8 Å². The molecule has 0 spiro atoms. The Kier molecular flexibility index (Phi) is 6.03. The van der Waals surface area contributed by atoms with Gasteiger partial charge in [0.1, 0.15) is 5.82 Å². The largest absolute Gasteiger partial charge is 0.353 e. The molecule has 8 heteroatoms. The van der Waals surface area contributed by atoms with Gasteiger partial charge in [-0.15, -0.1) is 0 Å². The van der Waals surface area contributed by atoms with Crippen LogP contribution in [0.1, 0.15) is 19.9 Å². The van der Waals surface area contributed by atoms with Gasteiger partial charge >= 0.3 is 0 Å². The number of thioether (sulfide) groups is 1. The van der Waals surface area contributed by atoms with E-state index < -0.39 is 0 Å². The summed E-state index contributed by atoms with van der Waals surface area (Å²) >= 11 is 1.34. The van der Waals surface area contributed by atoms with Crippen molar-refractivity contribution in [2.75, 3.05) is 36.8 Å². The topological polar surface area (TPSA) is 71.3 Å². The predicted molar refractivity (Wildman–Crippen MR) is 120 cm³/mol. The van der Waals surface area contributed by atoms with E-state index in [1.165, 1.54) is 11.8 Å². The van der Waals surface area contributed by atoms with E-state index in [2.05, 4.69) is 14.9 Å². The molecule has 0 bridgehead atoms. The Morgan fingerprint density at radius 2 is 1.80 bits per heavy atom. The number of anilines is 1. The van der Waals surface area contributed by atoms with Crippen LogP contribution in [0.25, 0.3) is 10.9 Å². The van der Waals surface area contributed by atoms with Gasteiger partial charge in [-0.05, 0) is 38.1 Å². The van der Waals surface area contributed by atoms with Crippen molar-refractivity contribution in [1.29, 1.82) is 0 Å². The van der Waals surface area contributed by atoms with Crippen LogP contribution in [0, 0.1) is 0 Å². The molecular formula is C22H25N5O2S. The van der Waals surface area contributed by atoms with E-state index in [-0.39, 0.29) is 23.3 Å². The van der Waals surface area contributed by atoms with Crippen LogP contribution in [0.3, 0.4) is 0 Å². The molecule has 0 radical (unpaired) electrons. The van der Waals surface area contributed by atoms with Gasteiger partial charge in [-0.25, -0.2) is 9.97 Å². The van der Waals surface area contributed by atoms with Crippen molar-refractivity contribution in [1.82, 2.24) is 19.4 Å². The second kappa shape index (κ2) is 8.87. The summed E-state index contributed by atoms with van der Waals surface area (Å²) in [5.41, 5.74) is 0.604. The van der Waals surface area contributed by atoms with Crippen molar-refractivity contribution in [3.63, 3.8) is 0 Å². The van der Waals surface area contributed by atoms with Crippen molar-refractivity contribution in [3.8, 4) is 0 Å². The standard InChI is InChI=1S/C22H25N5O2S/c1-16(2)27-21(29)17-7-3-4-8-18(17)24-22(27)30-15-20(28)26-13-11-25(12-14-26)19-9-5-6-10-23-19/h3-10,16H,11-15H2,1-2H3. The molecule has 0 aliphatic carbocycles. The van der Waals surface area contributed by atoms with Gasteiger partial charge in [0, 0.05) is 38.4 Å². The number of amides is 1. The molecule has 1 amide bonds. The molecule has 3 aromatic rings. The summed E-state index contributed by atoms with van der Waals surface area (Å²) in [5, 5.41) is 1.20. The zero-order chi connectivity index (χ0) is 21.1. The first-order valence-corrected chi connectivity index (χ1v) is 11.1. The number of benzene rings is 1. The Balaban J connectivity index is 1.44. The highest BCUT2D eigenvalue weighted by Gasteiger charge is 2.23. The van der Waals surface area contributed by atoms with Crippen molar-refractivity contribution in [2.24, 2.45) is 0 Å². The van der Waals surface area contributed by atoms with E-state index in [1.807, 2.05) is 55.1 Å². The van der Waals surface area contributed by atoms with Gasteiger partial charge in [-0.3, -0.25) is 14.2 Å². The van der Waals surface area contributed by atoms with Gasteiger partial charge in [0.15, 0.2) is 5.16 Å². The van der Waals surface area contributed by atoms with Crippen molar-refractivity contribution in [3.05, 3.63) is 59.0 Å². The third-order valence-corrected chi connectivity index (χ3v) is 6.16. The molecule has 30 heavy (non-hydrogen) atoms. The number of pyridine rings is 1. The number of nitrogens with zero attached hydrogens (tertiary/aromatic N) is 5. The summed E-state index contributed by atoms with van der Waals surface area (Å²) in [6.07, 6.45) is 1.79. The SMILES string of the molecule is CC(C)n1c(SCC(=O)N2CCN(c3ccccn3)CC2)nc2ccccc2c1=O. The summed E-state index contributed by atoms with van der Waals surface area (Å²) in [4.78, 5) is 38.8. The van der Waals surface area contributed by atoms with E-state index in [0.717, 1.165) is 18.9 Å². The Morgan fingerprint density at radius 1 is 1.07 bits per heavy atom. The van der Waals surface area contributed by atoms with Crippen LogP contribution in [0.2, 0.25) is 0 Å². The second-order valence-electron chi connectivity index (χ2n) is 7.52. The molecule has 7 nitrogen and oxygen atoms in total. The second-order valence-corrected chi connectivity index (χ2v) is 8.47. The highest BCUT2D eigenvalue weighted by molar-refractivity contribution is 7.99. The van der Waals surface area contributed by atoms with Crippen LogP contribution in [-0.4, -0.2) is 57.3 Å². The van der Waals surface area contributed by atoms with E-state index in [9.17, 15) is 9.59 Å². The molecule has 3 heterocycles. The van der Waals surface area contributed by atoms with Crippen LogP contribution in [-0.2, 0) is 4.79 Å². The molecule has 4 rings (SSSR count). The molecule has 0 N–H and O–H groups in total. The molecule has 1 fully saturated rings. The number of carbonyl (C=O) groups is 1. The fourth-order valence-corrected chi connectivity index (χ4v) is 4.66. The number of piperazine rings is 1. The smallest absolute Gasteiger partial charge is 0.262 e. The quantitative estimate of drug-likeness (QED) is 0.464. The zero-order valence-electron chi connectivity index (χ0n) is 17.2. The van der Waals surface area contributed by atoms with Gasteiger partial charge in [-0.2, -0.15) is 0 Å². The van der Waals surface area contributed by atoms with Crippen molar-refractivity contribution < 1.29 is 4.79 Å². The van der Waals surface area contributed by atoms with E-state index in [0.29, 0.717) is 29.1 Å². The third-order valence-electron chi connectivity index (χ3n) is 5.22. The average Bonchev–Trinajstić information content (AvgIpc) is 2.78. The van der Waals surface area contributed by atoms with Gasteiger partial charge in [0.2, 0.25) is 5.91 Å². The molecule has 0 atom stereocenters.